The van der Waals surface area contributed by atoms with Gasteiger partial charge in [-0.05, 0) is 109 Å². The maximum absolute atomic E-state index is 12.7. The summed E-state index contributed by atoms with van der Waals surface area (Å²) in [5.74, 6) is -1.31. The minimum atomic E-state index is -1.01. The molecule has 0 fully saturated rings. The molecule has 7 heteroatoms. The van der Waals surface area contributed by atoms with Crippen LogP contribution in [-0.2, 0) is 19.1 Å². The number of carboxylic acids is 1. The molecule has 0 heterocycles. The predicted molar refractivity (Wildman–Crippen MR) is 229 cm³/mol. The second-order valence-corrected chi connectivity index (χ2v) is 14.7. The number of unbranched alkanes of at least 4 members (excludes halogenated alkanes) is 17. The van der Waals surface area contributed by atoms with Crippen molar-refractivity contribution in [3.05, 3.63) is 60.8 Å². The first-order chi connectivity index (χ1) is 26.4. The highest BCUT2D eigenvalue weighted by molar-refractivity contribution is 5.83. The zero-order valence-corrected chi connectivity index (χ0v) is 34.8. The molecule has 0 rings (SSSR count). The van der Waals surface area contributed by atoms with E-state index in [9.17, 15) is 19.5 Å². The molecule has 0 saturated heterocycles. The smallest absolute Gasteiger partial charge is 0.326 e. The summed E-state index contributed by atoms with van der Waals surface area (Å²) in [7, 11) is 0. The van der Waals surface area contributed by atoms with Crippen molar-refractivity contribution in [2.45, 2.75) is 212 Å². The summed E-state index contributed by atoms with van der Waals surface area (Å²) >= 11 is 0. The monoisotopic (exact) mass is 755 g/mol. The van der Waals surface area contributed by atoms with Gasteiger partial charge in [0.15, 0.2) is 0 Å². The molecule has 1 amide bonds. The number of carbonyl (C=O) groups excluding carboxylic acids is 2. The van der Waals surface area contributed by atoms with E-state index in [0.717, 1.165) is 89.9 Å². The molecule has 0 saturated carbocycles. The van der Waals surface area contributed by atoms with E-state index in [-0.39, 0.29) is 18.0 Å². The average Bonchev–Trinajstić information content (AvgIpc) is 3.16. The van der Waals surface area contributed by atoms with Crippen molar-refractivity contribution < 1.29 is 24.2 Å². The van der Waals surface area contributed by atoms with Gasteiger partial charge in [-0.1, -0.05) is 146 Å². The lowest BCUT2D eigenvalue weighted by molar-refractivity contribution is -0.147. The van der Waals surface area contributed by atoms with Gasteiger partial charge in [0, 0.05) is 12.8 Å². The zero-order chi connectivity index (χ0) is 39.6. The van der Waals surface area contributed by atoms with Gasteiger partial charge in [0.1, 0.15) is 12.1 Å². The van der Waals surface area contributed by atoms with Crippen molar-refractivity contribution in [1.29, 1.82) is 0 Å². The topological polar surface area (TPSA) is 119 Å². The molecule has 4 N–H and O–H groups in total. The summed E-state index contributed by atoms with van der Waals surface area (Å²) in [6.07, 6.45) is 51.4. The van der Waals surface area contributed by atoms with Crippen LogP contribution in [0.4, 0.5) is 0 Å². The number of nitrogens with one attached hydrogen (secondary N) is 1. The number of amides is 1. The van der Waals surface area contributed by atoms with Gasteiger partial charge in [0.05, 0.1) is 0 Å². The van der Waals surface area contributed by atoms with Crippen molar-refractivity contribution in [3.63, 3.8) is 0 Å². The number of ether oxygens (including phenoxy) is 1. The first-order valence-electron chi connectivity index (χ1n) is 22.1. The molecule has 2 atom stereocenters. The second kappa shape index (κ2) is 41.2. The van der Waals surface area contributed by atoms with Gasteiger partial charge >= 0.3 is 11.9 Å². The minimum Gasteiger partial charge on any atom is -0.480 e. The van der Waals surface area contributed by atoms with E-state index < -0.39 is 12.0 Å². The fourth-order valence-electron chi connectivity index (χ4n) is 6.17. The number of aliphatic carboxylic acids is 1. The Bertz CT molecular complexity index is 1030. The van der Waals surface area contributed by atoms with Gasteiger partial charge in [-0.15, -0.1) is 0 Å². The molecule has 0 aromatic rings. The van der Waals surface area contributed by atoms with Gasteiger partial charge in [-0.2, -0.15) is 0 Å². The molecule has 0 aromatic carbocycles. The molecule has 0 aliphatic heterocycles. The lowest BCUT2D eigenvalue weighted by Crippen LogP contribution is -2.40. The standard InChI is InChI=1S/C47H82N2O5/c1-3-5-7-9-11-13-14-15-16-17-18-19-20-21-22-23-25-31-35-41-46(51)54-43(37-32-28-24-12-10-8-6-4-2)38-33-29-26-27-30-34-40-45(50)49-44(47(52)53)39-36-42-48/h11-13,15-16,18-19,24,32,37,43-44H,3-10,14,17,20-23,25-31,33-36,38-42,48H2,1-2H3,(H,49,50)(H,52,53)/b13-11-,16-15-,19-18-,24-12-,37-32-. The fourth-order valence-corrected chi connectivity index (χ4v) is 6.17. The normalized spacial score (nSPS) is 13.2. The number of nitrogens with two attached hydrogens (primary N) is 1. The van der Waals surface area contributed by atoms with Crippen LogP contribution in [0.3, 0.4) is 0 Å². The Kier molecular flexibility index (Phi) is 39.0. The van der Waals surface area contributed by atoms with E-state index in [1.165, 1.54) is 70.6 Å². The molecule has 0 spiro atoms. The molecular weight excluding hydrogens is 673 g/mol. The van der Waals surface area contributed by atoms with E-state index in [1.54, 1.807) is 0 Å². The predicted octanol–water partition coefficient (Wildman–Crippen LogP) is 12.6. The van der Waals surface area contributed by atoms with Gasteiger partial charge < -0.3 is 20.9 Å². The van der Waals surface area contributed by atoms with Crippen LogP contribution < -0.4 is 11.1 Å². The summed E-state index contributed by atoms with van der Waals surface area (Å²) in [6.45, 7) is 4.87. The number of allylic oxidation sites excluding steroid dienone is 9. The second-order valence-electron chi connectivity index (χ2n) is 14.7. The Hall–Kier alpha value is -2.93. The molecule has 54 heavy (non-hydrogen) atoms. The van der Waals surface area contributed by atoms with Crippen LogP contribution in [0.15, 0.2) is 60.8 Å². The van der Waals surface area contributed by atoms with E-state index in [0.29, 0.717) is 32.2 Å². The molecule has 310 valence electrons. The van der Waals surface area contributed by atoms with Crippen molar-refractivity contribution in [2.75, 3.05) is 6.54 Å². The molecule has 7 nitrogen and oxygen atoms in total. The first kappa shape index (κ1) is 51.1. The summed E-state index contributed by atoms with van der Waals surface area (Å²) in [4.78, 5) is 36.2. The number of rotatable bonds is 39. The van der Waals surface area contributed by atoms with Crippen LogP contribution in [0, 0.1) is 0 Å². The summed E-state index contributed by atoms with van der Waals surface area (Å²) < 4.78 is 5.93. The molecule has 0 aromatic heterocycles. The van der Waals surface area contributed by atoms with Crippen LogP contribution in [0.1, 0.15) is 200 Å². The highest BCUT2D eigenvalue weighted by Crippen LogP contribution is 2.15. The van der Waals surface area contributed by atoms with Crippen molar-refractivity contribution in [1.82, 2.24) is 5.32 Å². The van der Waals surface area contributed by atoms with Crippen molar-refractivity contribution >= 4 is 17.8 Å². The molecule has 0 bridgehead atoms. The fraction of sp³-hybridized carbons (Fsp3) is 0.723. The third-order valence-corrected chi connectivity index (χ3v) is 9.54. The Balaban J connectivity index is 4.26. The van der Waals surface area contributed by atoms with Crippen molar-refractivity contribution in [3.8, 4) is 0 Å². The van der Waals surface area contributed by atoms with Crippen LogP contribution >= 0.6 is 0 Å². The molecule has 0 aliphatic rings. The highest BCUT2D eigenvalue weighted by Gasteiger charge is 2.18. The number of carbonyl (C=O) groups is 3. The van der Waals surface area contributed by atoms with Crippen molar-refractivity contribution in [2.24, 2.45) is 5.73 Å². The van der Waals surface area contributed by atoms with Crippen LogP contribution in [0.25, 0.3) is 0 Å². The summed E-state index contributed by atoms with van der Waals surface area (Å²) in [5, 5.41) is 11.9. The number of hydrogen-bond acceptors (Lipinski definition) is 5. The van der Waals surface area contributed by atoms with E-state index in [1.807, 2.05) is 0 Å². The number of hydrogen-bond donors (Lipinski definition) is 3. The Morgan fingerprint density at radius 2 is 1.02 bits per heavy atom. The van der Waals surface area contributed by atoms with E-state index >= 15 is 0 Å². The van der Waals surface area contributed by atoms with E-state index in [2.05, 4.69) is 79.9 Å². The zero-order valence-electron chi connectivity index (χ0n) is 34.8. The Labute approximate surface area is 331 Å². The maximum atomic E-state index is 12.7. The average molecular weight is 755 g/mol. The molecule has 0 aliphatic carbocycles. The van der Waals surface area contributed by atoms with Crippen LogP contribution in [-0.4, -0.2) is 41.6 Å². The SMILES string of the molecule is CCCCC/C=C\C/C=C\C/C=C\CCCCCCCCC(=O)OC(/C=C\C/C=C\CCCCC)CCCCCCCCC(=O)NC(CCCN)C(=O)O. The maximum Gasteiger partial charge on any atom is 0.326 e. The largest absolute Gasteiger partial charge is 0.480 e. The van der Waals surface area contributed by atoms with Gasteiger partial charge in [-0.3, -0.25) is 9.59 Å². The Morgan fingerprint density at radius 1 is 0.556 bits per heavy atom. The molecule has 0 radical (unpaired) electrons. The summed E-state index contributed by atoms with van der Waals surface area (Å²) in [5.41, 5.74) is 5.47. The minimum absolute atomic E-state index is 0.0895. The van der Waals surface area contributed by atoms with Gasteiger partial charge in [0.25, 0.3) is 0 Å². The Morgan fingerprint density at radius 3 is 1.56 bits per heavy atom. The quantitative estimate of drug-likeness (QED) is 0.0327. The molecular formula is C47H82N2O5. The molecule has 2 unspecified atom stereocenters. The van der Waals surface area contributed by atoms with Gasteiger partial charge in [-0.25, -0.2) is 4.79 Å². The van der Waals surface area contributed by atoms with Gasteiger partial charge in [0.2, 0.25) is 5.91 Å². The number of carboxylic acid groups (broad SMARTS) is 1. The van der Waals surface area contributed by atoms with Crippen LogP contribution in [0.5, 0.6) is 0 Å². The third kappa shape index (κ3) is 37.4. The highest BCUT2D eigenvalue weighted by atomic mass is 16.5. The number of esters is 1. The van der Waals surface area contributed by atoms with E-state index in [4.69, 9.17) is 10.5 Å². The lowest BCUT2D eigenvalue weighted by atomic mass is 10.0. The first-order valence-corrected chi connectivity index (χ1v) is 22.1. The lowest BCUT2D eigenvalue weighted by Gasteiger charge is -2.15. The van der Waals surface area contributed by atoms with Crippen LogP contribution in [0.2, 0.25) is 0 Å². The third-order valence-electron chi connectivity index (χ3n) is 9.54. The summed E-state index contributed by atoms with van der Waals surface area (Å²) in [6, 6.07) is -0.859.